The minimum Gasteiger partial charge on any atom is -0.352 e. The van der Waals surface area contributed by atoms with E-state index < -0.39 is 16.1 Å². The van der Waals surface area contributed by atoms with E-state index >= 15 is 0 Å². The summed E-state index contributed by atoms with van der Waals surface area (Å²) in [5.74, 6) is -0.000824. The highest BCUT2D eigenvalue weighted by molar-refractivity contribution is 7.89. The smallest absolute Gasteiger partial charge is 0.241 e. The third kappa shape index (κ3) is 6.12. The van der Waals surface area contributed by atoms with Gasteiger partial charge in [-0.25, -0.2) is 8.42 Å². The van der Waals surface area contributed by atoms with Crippen molar-refractivity contribution in [1.82, 2.24) is 10.0 Å². The van der Waals surface area contributed by atoms with Crippen molar-refractivity contribution in [3.63, 3.8) is 0 Å². The Morgan fingerprint density at radius 2 is 1.72 bits per heavy atom. The lowest BCUT2D eigenvalue weighted by molar-refractivity contribution is -0.124. The van der Waals surface area contributed by atoms with Crippen molar-refractivity contribution in [3.8, 4) is 0 Å². The molecule has 0 radical (unpaired) electrons. The molecule has 2 rings (SSSR count). The summed E-state index contributed by atoms with van der Waals surface area (Å²) in [5.41, 5.74) is 0.993. The molecule has 1 aromatic carbocycles. The van der Waals surface area contributed by atoms with Crippen molar-refractivity contribution in [2.45, 2.75) is 76.3 Å². The van der Waals surface area contributed by atoms with Crippen molar-refractivity contribution in [2.24, 2.45) is 5.92 Å². The lowest BCUT2D eigenvalue weighted by atomic mass is 9.95. The van der Waals surface area contributed by atoms with Crippen LogP contribution in [0.5, 0.6) is 0 Å². The Labute approximate surface area is 151 Å². The number of nitrogens with one attached hydrogen (secondary N) is 2. The number of hydrogen-bond donors (Lipinski definition) is 2. The van der Waals surface area contributed by atoms with Gasteiger partial charge in [0.2, 0.25) is 15.9 Å². The maximum atomic E-state index is 12.7. The Hall–Kier alpha value is -1.40. The molecule has 0 saturated heterocycles. The molecule has 1 amide bonds. The van der Waals surface area contributed by atoms with Crippen LogP contribution in [0.15, 0.2) is 29.2 Å². The third-order valence-electron chi connectivity index (χ3n) is 4.60. The zero-order valence-corrected chi connectivity index (χ0v) is 16.2. The van der Waals surface area contributed by atoms with Crippen LogP contribution in [0.3, 0.4) is 0 Å². The van der Waals surface area contributed by atoms with E-state index in [0.717, 1.165) is 31.2 Å². The number of benzene rings is 1. The maximum absolute atomic E-state index is 12.7. The van der Waals surface area contributed by atoms with Crippen LogP contribution in [-0.4, -0.2) is 26.4 Å². The largest absolute Gasteiger partial charge is 0.352 e. The molecule has 25 heavy (non-hydrogen) atoms. The van der Waals surface area contributed by atoms with Crippen molar-refractivity contribution in [3.05, 3.63) is 29.8 Å². The van der Waals surface area contributed by atoms with Crippen LogP contribution in [0.4, 0.5) is 0 Å². The number of amides is 1. The number of hydrogen-bond acceptors (Lipinski definition) is 3. The fourth-order valence-electron chi connectivity index (χ4n) is 3.20. The second-order valence-corrected chi connectivity index (χ2v) is 9.17. The van der Waals surface area contributed by atoms with Crippen LogP contribution in [0.25, 0.3) is 0 Å². The molecule has 0 aliphatic heterocycles. The zero-order valence-electron chi connectivity index (χ0n) is 15.4. The summed E-state index contributed by atoms with van der Waals surface area (Å²) in [6, 6.07) is 6.09. The predicted octanol–water partition coefficient (Wildman–Crippen LogP) is 3.14. The van der Waals surface area contributed by atoms with E-state index in [0.29, 0.717) is 6.42 Å². The number of carbonyl (C=O) groups is 1. The Balaban J connectivity index is 2.10. The minimum atomic E-state index is -3.72. The van der Waals surface area contributed by atoms with E-state index in [-0.39, 0.29) is 22.8 Å². The van der Waals surface area contributed by atoms with Gasteiger partial charge in [-0.05, 0) is 44.2 Å². The molecule has 0 bridgehead atoms. The molecule has 1 unspecified atom stereocenters. The number of carbonyl (C=O) groups excluding carboxylic acids is 1. The second kappa shape index (κ2) is 8.81. The van der Waals surface area contributed by atoms with Gasteiger partial charge in [0, 0.05) is 6.04 Å². The Morgan fingerprint density at radius 3 is 2.28 bits per heavy atom. The van der Waals surface area contributed by atoms with Gasteiger partial charge in [0.15, 0.2) is 0 Å². The topological polar surface area (TPSA) is 75.3 Å². The van der Waals surface area contributed by atoms with E-state index in [4.69, 9.17) is 0 Å². The first-order valence-corrected chi connectivity index (χ1v) is 10.7. The molecular formula is C19H30N2O3S. The summed E-state index contributed by atoms with van der Waals surface area (Å²) in [6.07, 6.45) is 5.88. The van der Waals surface area contributed by atoms with Crippen molar-refractivity contribution < 1.29 is 13.2 Å². The van der Waals surface area contributed by atoms with Gasteiger partial charge in [-0.15, -0.1) is 0 Å². The van der Waals surface area contributed by atoms with Gasteiger partial charge in [0.05, 0.1) is 4.90 Å². The van der Waals surface area contributed by atoms with Crippen LogP contribution >= 0.6 is 0 Å². The van der Waals surface area contributed by atoms with E-state index in [1.54, 1.807) is 24.3 Å². The average molecular weight is 367 g/mol. The highest BCUT2D eigenvalue weighted by atomic mass is 32.2. The van der Waals surface area contributed by atoms with E-state index in [1.807, 2.05) is 20.8 Å². The molecule has 140 valence electrons. The minimum absolute atomic E-state index is 0.166. The van der Waals surface area contributed by atoms with Crippen LogP contribution < -0.4 is 10.0 Å². The predicted molar refractivity (Wildman–Crippen MR) is 99.8 cm³/mol. The van der Waals surface area contributed by atoms with Gasteiger partial charge in [-0.1, -0.05) is 50.8 Å². The lowest BCUT2D eigenvalue weighted by Gasteiger charge is -2.26. The highest BCUT2D eigenvalue weighted by Crippen LogP contribution is 2.18. The first-order valence-electron chi connectivity index (χ1n) is 9.17. The molecule has 1 aromatic rings. The van der Waals surface area contributed by atoms with E-state index in [2.05, 4.69) is 10.0 Å². The van der Waals surface area contributed by atoms with Crippen LogP contribution in [-0.2, 0) is 14.8 Å². The van der Waals surface area contributed by atoms with Crippen LogP contribution in [0.1, 0.15) is 57.9 Å². The molecule has 6 heteroatoms. The van der Waals surface area contributed by atoms with Gasteiger partial charge < -0.3 is 5.32 Å². The summed E-state index contributed by atoms with van der Waals surface area (Å²) < 4.78 is 27.9. The van der Waals surface area contributed by atoms with Crippen LogP contribution in [0.2, 0.25) is 0 Å². The molecule has 0 heterocycles. The summed E-state index contributed by atoms with van der Waals surface area (Å²) in [5, 5.41) is 3.04. The summed E-state index contributed by atoms with van der Waals surface area (Å²) in [7, 11) is -3.72. The monoisotopic (exact) mass is 366 g/mol. The molecule has 1 fully saturated rings. The fraction of sp³-hybridized carbons (Fsp3) is 0.632. The molecule has 1 atom stereocenters. The lowest BCUT2D eigenvalue weighted by Crippen LogP contribution is -2.50. The quantitative estimate of drug-likeness (QED) is 0.778. The fourth-order valence-corrected chi connectivity index (χ4v) is 4.41. The molecule has 5 nitrogen and oxygen atoms in total. The van der Waals surface area contributed by atoms with Gasteiger partial charge >= 0.3 is 0 Å². The maximum Gasteiger partial charge on any atom is 0.241 e. The molecule has 1 aliphatic rings. The van der Waals surface area contributed by atoms with E-state index in [1.165, 1.54) is 6.42 Å². The van der Waals surface area contributed by atoms with Gasteiger partial charge in [-0.2, -0.15) is 4.72 Å². The molecule has 1 aliphatic carbocycles. The Kier molecular flexibility index (Phi) is 7.02. The summed E-state index contributed by atoms with van der Waals surface area (Å²) in [6.45, 7) is 5.88. The standard InChI is InChI=1S/C19H30N2O3S/c1-14(2)13-18(19(22)20-16-7-5-4-6-8-16)21-25(23,24)17-11-9-15(3)10-12-17/h9-12,14,16,18,21H,4-8,13H2,1-3H3,(H,20,22). The molecular weight excluding hydrogens is 336 g/mol. The number of rotatable bonds is 7. The first kappa shape index (κ1) is 19.9. The van der Waals surface area contributed by atoms with Crippen molar-refractivity contribution >= 4 is 15.9 Å². The van der Waals surface area contributed by atoms with Gasteiger partial charge in [0.25, 0.3) is 0 Å². The van der Waals surface area contributed by atoms with Gasteiger partial charge in [0.1, 0.15) is 6.04 Å². The molecule has 0 aromatic heterocycles. The summed E-state index contributed by atoms with van der Waals surface area (Å²) >= 11 is 0. The summed E-state index contributed by atoms with van der Waals surface area (Å²) in [4.78, 5) is 12.9. The SMILES string of the molecule is Cc1ccc(S(=O)(=O)NC(CC(C)C)C(=O)NC2CCCCC2)cc1. The average Bonchev–Trinajstić information content (AvgIpc) is 2.55. The molecule has 2 N–H and O–H groups in total. The number of aryl methyl sites for hydroxylation is 1. The molecule has 0 spiro atoms. The Morgan fingerprint density at radius 1 is 1.12 bits per heavy atom. The van der Waals surface area contributed by atoms with Crippen molar-refractivity contribution in [2.75, 3.05) is 0 Å². The van der Waals surface area contributed by atoms with Crippen molar-refractivity contribution in [1.29, 1.82) is 0 Å². The van der Waals surface area contributed by atoms with Crippen LogP contribution in [0, 0.1) is 12.8 Å². The van der Waals surface area contributed by atoms with Gasteiger partial charge in [-0.3, -0.25) is 4.79 Å². The van der Waals surface area contributed by atoms with E-state index in [9.17, 15) is 13.2 Å². The normalized spacial score (nSPS) is 17.4. The Bertz CT molecular complexity index is 662. The first-order chi connectivity index (χ1) is 11.8. The highest BCUT2D eigenvalue weighted by Gasteiger charge is 2.28. The zero-order chi connectivity index (χ0) is 18.4. The molecule has 1 saturated carbocycles. The number of sulfonamides is 1. The third-order valence-corrected chi connectivity index (χ3v) is 6.09. The second-order valence-electron chi connectivity index (χ2n) is 7.46.